The number of Topliss-reactive ketones (excluding diaryl/α,β-unsaturated/α-hetero) is 1. The molecule has 0 aromatic rings. The van der Waals surface area contributed by atoms with Crippen molar-refractivity contribution < 1.29 is 4.79 Å². The molecule has 0 fully saturated rings. The summed E-state index contributed by atoms with van der Waals surface area (Å²) in [7, 11) is 3.69. The van der Waals surface area contributed by atoms with E-state index in [-0.39, 0.29) is 11.8 Å². The normalized spacial score (nSPS) is 12.4. The molecule has 0 aromatic carbocycles. The maximum atomic E-state index is 10.8. The van der Waals surface area contributed by atoms with Gasteiger partial charge in [-0.1, -0.05) is 6.58 Å². The minimum absolute atomic E-state index is 0.112. The van der Waals surface area contributed by atoms with Gasteiger partial charge in [0, 0.05) is 0 Å². The SMILES string of the molecule is C=C=CC(C(C)=O)N(C)C. The van der Waals surface area contributed by atoms with Crippen molar-refractivity contribution >= 4 is 5.78 Å². The highest BCUT2D eigenvalue weighted by molar-refractivity contribution is 5.83. The van der Waals surface area contributed by atoms with Crippen LogP contribution in [-0.4, -0.2) is 30.8 Å². The Morgan fingerprint density at radius 3 is 2.30 bits per heavy atom. The van der Waals surface area contributed by atoms with Crippen LogP contribution in [0.25, 0.3) is 0 Å². The van der Waals surface area contributed by atoms with Gasteiger partial charge in [-0.3, -0.25) is 9.69 Å². The smallest absolute Gasteiger partial charge is 0.151 e. The summed E-state index contributed by atoms with van der Waals surface area (Å²) in [5, 5.41) is 0. The molecule has 0 radical (unpaired) electrons. The van der Waals surface area contributed by atoms with Gasteiger partial charge in [-0.2, -0.15) is 0 Å². The minimum atomic E-state index is -0.169. The highest BCUT2D eigenvalue weighted by atomic mass is 16.1. The molecule has 0 bridgehead atoms. The van der Waals surface area contributed by atoms with E-state index in [1.165, 1.54) is 0 Å². The highest BCUT2D eigenvalue weighted by Crippen LogP contribution is 1.94. The van der Waals surface area contributed by atoms with Crippen molar-refractivity contribution in [3.8, 4) is 0 Å². The van der Waals surface area contributed by atoms with Gasteiger partial charge in [-0.05, 0) is 27.1 Å². The first-order chi connectivity index (χ1) is 4.59. The molecule has 0 aliphatic rings. The molecule has 2 nitrogen and oxygen atoms in total. The van der Waals surface area contributed by atoms with Gasteiger partial charge in [0.2, 0.25) is 0 Å². The van der Waals surface area contributed by atoms with Gasteiger partial charge >= 0.3 is 0 Å². The maximum Gasteiger partial charge on any atom is 0.151 e. The lowest BCUT2D eigenvalue weighted by Gasteiger charge is -2.16. The molecular weight excluding hydrogens is 126 g/mol. The summed E-state index contributed by atoms with van der Waals surface area (Å²) in [5.74, 6) is 0.112. The molecular formula is C8H13NO. The van der Waals surface area contributed by atoms with Crippen LogP contribution in [-0.2, 0) is 4.79 Å². The zero-order valence-electron chi connectivity index (χ0n) is 6.72. The van der Waals surface area contributed by atoms with E-state index in [0.29, 0.717) is 0 Å². The van der Waals surface area contributed by atoms with Crippen molar-refractivity contribution in [3.63, 3.8) is 0 Å². The molecule has 0 rings (SSSR count). The number of ketones is 1. The van der Waals surface area contributed by atoms with Crippen LogP contribution < -0.4 is 0 Å². The van der Waals surface area contributed by atoms with Crippen molar-refractivity contribution in [3.05, 3.63) is 18.4 Å². The number of nitrogens with zero attached hydrogens (tertiary/aromatic N) is 1. The summed E-state index contributed by atoms with van der Waals surface area (Å²) in [5.41, 5.74) is 2.59. The number of likely N-dealkylation sites (N-methyl/N-ethyl adjacent to an activating group) is 1. The maximum absolute atomic E-state index is 10.8. The van der Waals surface area contributed by atoms with Crippen LogP contribution in [0.5, 0.6) is 0 Å². The van der Waals surface area contributed by atoms with Gasteiger partial charge in [0.25, 0.3) is 0 Å². The standard InChI is InChI=1S/C8H13NO/c1-5-6-8(7(2)10)9(3)4/h6,8H,1H2,2-4H3. The zero-order valence-corrected chi connectivity index (χ0v) is 6.72. The fourth-order valence-electron chi connectivity index (χ4n) is 0.742. The number of carbonyl (C=O) groups is 1. The molecule has 2 heteroatoms. The summed E-state index contributed by atoms with van der Waals surface area (Å²) in [6, 6.07) is -0.169. The summed E-state index contributed by atoms with van der Waals surface area (Å²) in [4.78, 5) is 12.7. The van der Waals surface area contributed by atoms with Crippen LogP contribution >= 0.6 is 0 Å². The molecule has 0 aliphatic heterocycles. The van der Waals surface area contributed by atoms with E-state index in [9.17, 15) is 4.79 Å². The van der Waals surface area contributed by atoms with E-state index < -0.39 is 0 Å². The van der Waals surface area contributed by atoms with E-state index in [1.54, 1.807) is 13.0 Å². The number of hydrogen-bond donors (Lipinski definition) is 0. The Kier molecular flexibility index (Phi) is 3.70. The van der Waals surface area contributed by atoms with Crippen molar-refractivity contribution in [2.24, 2.45) is 0 Å². The van der Waals surface area contributed by atoms with E-state index in [2.05, 4.69) is 12.3 Å². The van der Waals surface area contributed by atoms with Crippen LogP contribution in [0.4, 0.5) is 0 Å². The number of rotatable bonds is 3. The van der Waals surface area contributed by atoms with Gasteiger partial charge < -0.3 is 0 Å². The topological polar surface area (TPSA) is 20.3 Å². The third kappa shape index (κ3) is 2.62. The fourth-order valence-corrected chi connectivity index (χ4v) is 0.742. The molecule has 0 aliphatic carbocycles. The molecule has 0 aromatic heterocycles. The average molecular weight is 139 g/mol. The third-order valence-corrected chi connectivity index (χ3v) is 1.25. The second-order valence-electron chi connectivity index (χ2n) is 2.39. The average Bonchev–Trinajstić information content (AvgIpc) is 1.81. The molecule has 0 saturated heterocycles. The van der Waals surface area contributed by atoms with Crippen molar-refractivity contribution in [2.75, 3.05) is 14.1 Å². The van der Waals surface area contributed by atoms with Crippen LogP contribution in [0.15, 0.2) is 18.4 Å². The summed E-state index contributed by atoms with van der Waals surface area (Å²) >= 11 is 0. The van der Waals surface area contributed by atoms with Gasteiger partial charge in [0.1, 0.15) is 0 Å². The lowest BCUT2D eigenvalue weighted by Crippen LogP contribution is -2.31. The van der Waals surface area contributed by atoms with Crippen LogP contribution in [0.2, 0.25) is 0 Å². The molecule has 0 spiro atoms. The Bertz CT molecular complexity index is 164. The molecule has 0 saturated carbocycles. The Hall–Kier alpha value is -0.850. The van der Waals surface area contributed by atoms with Gasteiger partial charge in [0.05, 0.1) is 6.04 Å². The Morgan fingerprint density at radius 1 is 1.70 bits per heavy atom. The molecule has 0 N–H and O–H groups in total. The molecule has 1 unspecified atom stereocenters. The first kappa shape index (κ1) is 9.15. The minimum Gasteiger partial charge on any atom is -0.298 e. The van der Waals surface area contributed by atoms with Gasteiger partial charge in [0.15, 0.2) is 5.78 Å². The Balaban J connectivity index is 4.26. The largest absolute Gasteiger partial charge is 0.298 e. The molecule has 10 heavy (non-hydrogen) atoms. The number of carbonyl (C=O) groups excluding carboxylic acids is 1. The van der Waals surface area contributed by atoms with Gasteiger partial charge in [-0.25, -0.2) is 0 Å². The van der Waals surface area contributed by atoms with Gasteiger partial charge in [-0.15, -0.1) is 5.73 Å². The fraction of sp³-hybridized carbons (Fsp3) is 0.500. The van der Waals surface area contributed by atoms with Crippen molar-refractivity contribution in [2.45, 2.75) is 13.0 Å². The Labute approximate surface area is 61.8 Å². The second kappa shape index (κ2) is 4.04. The van der Waals surface area contributed by atoms with Crippen molar-refractivity contribution in [1.29, 1.82) is 0 Å². The predicted molar refractivity (Wildman–Crippen MR) is 41.9 cm³/mol. The predicted octanol–water partition coefficient (Wildman–Crippen LogP) is 0.847. The zero-order chi connectivity index (χ0) is 8.15. The highest BCUT2D eigenvalue weighted by Gasteiger charge is 2.11. The summed E-state index contributed by atoms with van der Waals surface area (Å²) < 4.78 is 0. The lowest BCUT2D eigenvalue weighted by molar-refractivity contribution is -0.119. The first-order valence-electron chi connectivity index (χ1n) is 3.12. The van der Waals surface area contributed by atoms with E-state index >= 15 is 0 Å². The third-order valence-electron chi connectivity index (χ3n) is 1.25. The molecule has 0 heterocycles. The molecule has 0 amide bonds. The van der Waals surface area contributed by atoms with Crippen LogP contribution in [0.3, 0.4) is 0 Å². The quantitative estimate of drug-likeness (QED) is 0.540. The second-order valence-corrected chi connectivity index (χ2v) is 2.39. The van der Waals surface area contributed by atoms with E-state index in [1.807, 2.05) is 19.0 Å². The van der Waals surface area contributed by atoms with E-state index in [4.69, 9.17) is 0 Å². The first-order valence-corrected chi connectivity index (χ1v) is 3.12. The molecule has 56 valence electrons. The van der Waals surface area contributed by atoms with Crippen molar-refractivity contribution in [1.82, 2.24) is 4.90 Å². The summed E-state index contributed by atoms with van der Waals surface area (Å²) in [6.45, 7) is 4.96. The summed E-state index contributed by atoms with van der Waals surface area (Å²) in [6.07, 6.45) is 1.66. The monoisotopic (exact) mass is 139 g/mol. The van der Waals surface area contributed by atoms with Crippen LogP contribution in [0, 0.1) is 0 Å². The lowest BCUT2D eigenvalue weighted by atomic mass is 10.2. The van der Waals surface area contributed by atoms with Crippen LogP contribution in [0.1, 0.15) is 6.92 Å². The Morgan fingerprint density at radius 2 is 2.20 bits per heavy atom. The number of hydrogen-bond acceptors (Lipinski definition) is 2. The van der Waals surface area contributed by atoms with E-state index in [0.717, 1.165) is 0 Å². The molecule has 1 atom stereocenters.